The number of benzene rings is 2. The largest absolute Gasteiger partial charge is 0.326 e. The van der Waals surface area contributed by atoms with Gasteiger partial charge in [0.2, 0.25) is 0 Å². The van der Waals surface area contributed by atoms with Crippen LogP contribution in [-0.4, -0.2) is 8.42 Å². The maximum absolute atomic E-state index is 12.3. The first kappa shape index (κ1) is 14.8. The van der Waals surface area contributed by atoms with Gasteiger partial charge in [-0.15, -0.1) is 0 Å². The van der Waals surface area contributed by atoms with Gasteiger partial charge in [0, 0.05) is 11.6 Å². The first-order valence-corrected chi connectivity index (χ1v) is 7.87. The Morgan fingerprint density at radius 1 is 1.20 bits per heavy atom. The highest BCUT2D eigenvalue weighted by Crippen LogP contribution is 2.25. The molecule has 0 aliphatic rings. The molecule has 106 valence electrons. The van der Waals surface area contributed by atoms with E-state index in [1.807, 2.05) is 0 Å². The zero-order valence-electron chi connectivity index (χ0n) is 10.9. The molecule has 0 saturated heterocycles. The lowest BCUT2D eigenvalue weighted by Gasteiger charge is -2.12. The van der Waals surface area contributed by atoms with Crippen LogP contribution < -0.4 is 10.5 Å². The van der Waals surface area contributed by atoms with Gasteiger partial charge in [-0.25, -0.2) is 8.42 Å². The second-order valence-electron chi connectivity index (χ2n) is 4.37. The zero-order valence-corrected chi connectivity index (χ0v) is 12.5. The molecule has 0 fully saturated rings. The quantitative estimate of drug-likeness (QED) is 0.912. The van der Waals surface area contributed by atoms with Crippen molar-refractivity contribution in [3.63, 3.8) is 0 Å². The van der Waals surface area contributed by atoms with E-state index >= 15 is 0 Å². The molecule has 0 aliphatic carbocycles. The lowest BCUT2D eigenvalue weighted by Crippen LogP contribution is -2.14. The lowest BCUT2D eigenvalue weighted by molar-refractivity contribution is 0.601. The maximum atomic E-state index is 12.3. The number of nitrogens with two attached hydrogens (primary N) is 1. The molecule has 0 bridgehead atoms. The van der Waals surface area contributed by atoms with Gasteiger partial charge < -0.3 is 5.73 Å². The van der Waals surface area contributed by atoms with Gasteiger partial charge in [0.25, 0.3) is 10.0 Å². The van der Waals surface area contributed by atoms with Crippen LogP contribution in [0, 0.1) is 6.92 Å². The summed E-state index contributed by atoms with van der Waals surface area (Å²) >= 11 is 5.99. The molecule has 2 aromatic carbocycles. The Hall–Kier alpha value is -1.56. The highest BCUT2D eigenvalue weighted by Gasteiger charge is 2.16. The molecule has 20 heavy (non-hydrogen) atoms. The van der Waals surface area contributed by atoms with Gasteiger partial charge in [-0.05, 0) is 42.3 Å². The monoisotopic (exact) mass is 310 g/mol. The third-order valence-corrected chi connectivity index (χ3v) is 4.73. The molecule has 0 aromatic heterocycles. The van der Waals surface area contributed by atoms with Crippen LogP contribution in [0.25, 0.3) is 0 Å². The van der Waals surface area contributed by atoms with E-state index in [-0.39, 0.29) is 4.90 Å². The number of hydrogen-bond acceptors (Lipinski definition) is 3. The number of hydrogen-bond donors (Lipinski definition) is 2. The molecule has 4 nitrogen and oxygen atoms in total. The Balaban J connectivity index is 2.38. The Labute approximate surface area is 123 Å². The fraction of sp³-hybridized carbons (Fsp3) is 0.143. The fourth-order valence-corrected chi connectivity index (χ4v) is 3.13. The highest BCUT2D eigenvalue weighted by atomic mass is 35.5. The van der Waals surface area contributed by atoms with Crippen molar-refractivity contribution >= 4 is 27.3 Å². The first-order valence-electron chi connectivity index (χ1n) is 6.01. The molecule has 2 aromatic rings. The van der Waals surface area contributed by atoms with E-state index in [2.05, 4.69) is 4.72 Å². The van der Waals surface area contributed by atoms with Crippen molar-refractivity contribution in [3.8, 4) is 0 Å². The summed E-state index contributed by atoms with van der Waals surface area (Å²) < 4.78 is 27.2. The van der Waals surface area contributed by atoms with Crippen LogP contribution in [0.5, 0.6) is 0 Å². The van der Waals surface area contributed by atoms with E-state index in [0.717, 1.165) is 5.56 Å². The van der Waals surface area contributed by atoms with E-state index < -0.39 is 10.0 Å². The number of rotatable bonds is 4. The van der Waals surface area contributed by atoms with E-state index in [1.54, 1.807) is 43.3 Å². The van der Waals surface area contributed by atoms with Crippen LogP contribution in [0.15, 0.2) is 47.4 Å². The SMILES string of the molecule is Cc1c(Cl)cccc1NS(=O)(=O)c1cccc(CN)c1. The summed E-state index contributed by atoms with van der Waals surface area (Å²) in [6.45, 7) is 2.05. The summed E-state index contributed by atoms with van der Waals surface area (Å²) in [5, 5.41) is 0.515. The molecule has 2 rings (SSSR count). The molecular weight excluding hydrogens is 296 g/mol. The van der Waals surface area contributed by atoms with Crippen molar-refractivity contribution in [1.82, 2.24) is 0 Å². The molecule has 0 heterocycles. The van der Waals surface area contributed by atoms with E-state index in [4.69, 9.17) is 17.3 Å². The highest BCUT2D eigenvalue weighted by molar-refractivity contribution is 7.92. The number of anilines is 1. The van der Waals surface area contributed by atoms with Crippen LogP contribution >= 0.6 is 11.6 Å². The smallest absolute Gasteiger partial charge is 0.261 e. The van der Waals surface area contributed by atoms with Crippen molar-refractivity contribution in [3.05, 3.63) is 58.6 Å². The van der Waals surface area contributed by atoms with E-state index in [9.17, 15) is 8.42 Å². The molecule has 0 spiro atoms. The maximum Gasteiger partial charge on any atom is 0.261 e. The minimum Gasteiger partial charge on any atom is -0.326 e. The Morgan fingerprint density at radius 3 is 2.60 bits per heavy atom. The van der Waals surface area contributed by atoms with Crippen LogP contribution in [0.1, 0.15) is 11.1 Å². The zero-order chi connectivity index (χ0) is 14.8. The summed E-state index contributed by atoms with van der Waals surface area (Å²) in [7, 11) is -3.65. The van der Waals surface area contributed by atoms with E-state index in [0.29, 0.717) is 22.8 Å². The number of sulfonamides is 1. The molecule has 0 amide bonds. The molecule has 6 heteroatoms. The summed E-state index contributed by atoms with van der Waals surface area (Å²) in [6.07, 6.45) is 0. The van der Waals surface area contributed by atoms with Crippen molar-refractivity contribution in [1.29, 1.82) is 0 Å². The van der Waals surface area contributed by atoms with Gasteiger partial charge in [0.15, 0.2) is 0 Å². The van der Waals surface area contributed by atoms with Crippen LogP contribution in [-0.2, 0) is 16.6 Å². The van der Waals surface area contributed by atoms with Gasteiger partial charge in [-0.3, -0.25) is 4.72 Å². The van der Waals surface area contributed by atoms with Gasteiger partial charge >= 0.3 is 0 Å². The van der Waals surface area contributed by atoms with Crippen molar-refractivity contribution in [2.45, 2.75) is 18.4 Å². The predicted octanol–water partition coefficient (Wildman–Crippen LogP) is 2.91. The average Bonchev–Trinajstić information content (AvgIpc) is 2.44. The molecule has 0 saturated carbocycles. The summed E-state index contributed by atoms with van der Waals surface area (Å²) in [4.78, 5) is 0.180. The van der Waals surface area contributed by atoms with Gasteiger partial charge in [0.05, 0.1) is 10.6 Å². The van der Waals surface area contributed by atoms with Gasteiger partial charge in [-0.1, -0.05) is 29.8 Å². The van der Waals surface area contributed by atoms with Gasteiger partial charge in [-0.2, -0.15) is 0 Å². The average molecular weight is 311 g/mol. The van der Waals surface area contributed by atoms with Crippen molar-refractivity contribution in [2.24, 2.45) is 5.73 Å². The van der Waals surface area contributed by atoms with Crippen molar-refractivity contribution in [2.75, 3.05) is 4.72 Å². The minimum absolute atomic E-state index is 0.180. The Morgan fingerprint density at radius 2 is 1.90 bits per heavy atom. The van der Waals surface area contributed by atoms with E-state index in [1.165, 1.54) is 6.07 Å². The first-order chi connectivity index (χ1) is 9.44. The molecular formula is C14H15ClN2O2S. The topological polar surface area (TPSA) is 72.2 Å². The second-order valence-corrected chi connectivity index (χ2v) is 6.46. The fourth-order valence-electron chi connectivity index (χ4n) is 1.76. The molecule has 0 atom stereocenters. The third-order valence-electron chi connectivity index (χ3n) is 2.96. The number of halogens is 1. The molecule has 0 aliphatic heterocycles. The Bertz CT molecular complexity index is 730. The summed E-state index contributed by atoms with van der Waals surface area (Å²) in [5.41, 5.74) is 7.44. The second kappa shape index (κ2) is 5.83. The van der Waals surface area contributed by atoms with Crippen molar-refractivity contribution < 1.29 is 8.42 Å². The van der Waals surface area contributed by atoms with Crippen LogP contribution in [0.2, 0.25) is 5.02 Å². The molecule has 0 radical (unpaired) electrons. The lowest BCUT2D eigenvalue weighted by atomic mass is 10.2. The van der Waals surface area contributed by atoms with Crippen LogP contribution in [0.3, 0.4) is 0 Å². The minimum atomic E-state index is -3.65. The third kappa shape index (κ3) is 3.12. The number of nitrogens with one attached hydrogen (secondary N) is 1. The molecule has 0 unspecified atom stereocenters. The summed E-state index contributed by atoms with van der Waals surface area (Å²) in [5.74, 6) is 0. The summed E-state index contributed by atoms with van der Waals surface area (Å²) in [6, 6.07) is 11.6. The standard InChI is InChI=1S/C14H15ClN2O2S/c1-10-13(15)6-3-7-14(10)17-20(18,19)12-5-2-4-11(8-12)9-16/h2-8,17H,9,16H2,1H3. The predicted molar refractivity (Wildman–Crippen MR) is 81.3 cm³/mol. The Kier molecular flexibility index (Phi) is 4.32. The normalized spacial score (nSPS) is 11.3. The van der Waals surface area contributed by atoms with Gasteiger partial charge in [0.1, 0.15) is 0 Å². The molecule has 3 N–H and O–H groups in total. The van der Waals surface area contributed by atoms with Crippen LogP contribution in [0.4, 0.5) is 5.69 Å².